The number of carbonyl (C=O) groups excluding carboxylic acids is 1. The van der Waals surface area contributed by atoms with Crippen molar-refractivity contribution in [2.45, 2.75) is 39.3 Å². The van der Waals surface area contributed by atoms with Crippen molar-refractivity contribution in [2.24, 2.45) is 0 Å². The first-order chi connectivity index (χ1) is 14.4. The van der Waals surface area contributed by atoms with Gasteiger partial charge in [0.25, 0.3) is 5.91 Å². The van der Waals surface area contributed by atoms with Crippen molar-refractivity contribution >= 4 is 17.2 Å². The fraction of sp³-hybridized carbons (Fsp3) is 0.417. The largest absolute Gasteiger partial charge is 0.339 e. The van der Waals surface area contributed by atoms with E-state index in [1.54, 1.807) is 11.3 Å². The number of carbonyl (C=O) groups is 1. The molecule has 5 nitrogen and oxygen atoms in total. The molecule has 0 spiro atoms. The molecule has 30 heavy (non-hydrogen) atoms. The summed E-state index contributed by atoms with van der Waals surface area (Å²) in [5.41, 5.74) is 3.21. The lowest BCUT2D eigenvalue weighted by molar-refractivity contribution is 0.0617. The second kappa shape index (κ2) is 8.74. The van der Waals surface area contributed by atoms with Gasteiger partial charge in [0.2, 0.25) is 0 Å². The van der Waals surface area contributed by atoms with Crippen LogP contribution in [0.5, 0.6) is 0 Å². The Hall–Kier alpha value is -2.44. The Labute approximate surface area is 183 Å². The van der Waals surface area contributed by atoms with Crippen LogP contribution in [-0.2, 0) is 18.5 Å². The van der Waals surface area contributed by atoms with Gasteiger partial charge in [0, 0.05) is 56.3 Å². The summed E-state index contributed by atoms with van der Waals surface area (Å²) in [4.78, 5) is 22.3. The van der Waals surface area contributed by atoms with Gasteiger partial charge in [0.05, 0.1) is 10.7 Å². The van der Waals surface area contributed by atoms with Gasteiger partial charge in [-0.3, -0.25) is 9.69 Å². The topological polar surface area (TPSA) is 41.4 Å². The predicted octanol–water partition coefficient (Wildman–Crippen LogP) is 4.25. The summed E-state index contributed by atoms with van der Waals surface area (Å²) in [7, 11) is 0. The number of rotatable bonds is 5. The molecule has 0 unspecified atom stereocenters. The molecule has 1 fully saturated rings. The highest BCUT2D eigenvalue weighted by atomic mass is 32.1. The molecule has 1 saturated heterocycles. The molecule has 2 aromatic heterocycles. The molecule has 0 aliphatic carbocycles. The summed E-state index contributed by atoms with van der Waals surface area (Å²) >= 11 is 1.75. The molecule has 158 valence electrons. The zero-order valence-electron chi connectivity index (χ0n) is 18.0. The first-order valence-electron chi connectivity index (χ1n) is 10.6. The van der Waals surface area contributed by atoms with Crippen LogP contribution in [0, 0.1) is 0 Å². The summed E-state index contributed by atoms with van der Waals surface area (Å²) in [5.74, 6) is 0.124. The van der Waals surface area contributed by atoms with Gasteiger partial charge in [0.1, 0.15) is 5.69 Å². The SMILES string of the molecule is CC(C)(C)c1nc(CN2CCN(C(=O)c3cccn3Cc3ccccc3)CC2)cs1. The van der Waals surface area contributed by atoms with Crippen LogP contribution >= 0.6 is 11.3 Å². The number of aromatic nitrogens is 2. The van der Waals surface area contributed by atoms with Gasteiger partial charge in [-0.1, -0.05) is 51.1 Å². The molecule has 0 N–H and O–H groups in total. The van der Waals surface area contributed by atoms with Gasteiger partial charge in [-0.05, 0) is 17.7 Å². The first kappa shape index (κ1) is 20.8. The van der Waals surface area contributed by atoms with Crippen molar-refractivity contribution in [3.63, 3.8) is 0 Å². The minimum Gasteiger partial charge on any atom is -0.339 e. The van der Waals surface area contributed by atoms with Crippen LogP contribution < -0.4 is 0 Å². The Balaban J connectivity index is 1.34. The fourth-order valence-corrected chi connectivity index (χ4v) is 4.65. The van der Waals surface area contributed by atoms with Crippen molar-refractivity contribution in [2.75, 3.05) is 26.2 Å². The molecule has 0 bridgehead atoms. The van der Waals surface area contributed by atoms with E-state index in [1.165, 1.54) is 10.6 Å². The van der Waals surface area contributed by atoms with Crippen LogP contribution in [0.15, 0.2) is 54.0 Å². The van der Waals surface area contributed by atoms with Crippen LogP contribution in [0.25, 0.3) is 0 Å². The third-order valence-corrected chi connectivity index (χ3v) is 6.80. The molecule has 1 aromatic carbocycles. The monoisotopic (exact) mass is 422 g/mol. The van der Waals surface area contributed by atoms with Gasteiger partial charge in [0.15, 0.2) is 0 Å². The predicted molar refractivity (Wildman–Crippen MR) is 122 cm³/mol. The molecule has 0 atom stereocenters. The Kier molecular flexibility index (Phi) is 6.06. The maximum atomic E-state index is 13.1. The molecule has 3 aromatic rings. The van der Waals surface area contributed by atoms with Gasteiger partial charge in [-0.25, -0.2) is 4.98 Å². The molecule has 4 rings (SSSR count). The summed E-state index contributed by atoms with van der Waals surface area (Å²) in [5, 5.41) is 3.36. The maximum absolute atomic E-state index is 13.1. The van der Waals surface area contributed by atoms with E-state index in [-0.39, 0.29) is 11.3 Å². The minimum atomic E-state index is 0.0999. The Morgan fingerprint density at radius 1 is 1.00 bits per heavy atom. The smallest absolute Gasteiger partial charge is 0.270 e. The number of nitrogens with zero attached hydrogens (tertiary/aromatic N) is 4. The van der Waals surface area contributed by atoms with E-state index >= 15 is 0 Å². The van der Waals surface area contributed by atoms with Crippen molar-refractivity contribution in [1.82, 2.24) is 19.4 Å². The Morgan fingerprint density at radius 2 is 1.73 bits per heavy atom. The number of benzene rings is 1. The highest BCUT2D eigenvalue weighted by Gasteiger charge is 2.25. The Bertz CT molecular complexity index is 978. The molecule has 6 heteroatoms. The minimum absolute atomic E-state index is 0.0999. The van der Waals surface area contributed by atoms with Gasteiger partial charge in [-0.15, -0.1) is 11.3 Å². The average Bonchev–Trinajstić information content (AvgIpc) is 3.38. The lowest BCUT2D eigenvalue weighted by Crippen LogP contribution is -2.48. The average molecular weight is 423 g/mol. The number of thiazole rings is 1. The van der Waals surface area contributed by atoms with Crippen molar-refractivity contribution in [3.8, 4) is 0 Å². The molecule has 0 saturated carbocycles. The number of piperazine rings is 1. The van der Waals surface area contributed by atoms with Gasteiger partial charge >= 0.3 is 0 Å². The quantitative estimate of drug-likeness (QED) is 0.617. The molecule has 1 aliphatic heterocycles. The second-order valence-corrected chi connectivity index (χ2v) is 9.83. The molecule has 1 aliphatic rings. The number of amides is 1. The zero-order valence-corrected chi connectivity index (χ0v) is 18.9. The standard InChI is InChI=1S/C24H30N4OS/c1-24(2,3)23-25-20(18-30-23)17-26-12-14-27(15-13-26)22(29)21-10-7-11-28(21)16-19-8-5-4-6-9-19/h4-11,18H,12-17H2,1-3H3. The van der Waals surface area contributed by atoms with E-state index in [2.05, 4.69) is 43.2 Å². The van der Waals surface area contributed by atoms with E-state index in [4.69, 9.17) is 4.98 Å². The van der Waals surface area contributed by atoms with E-state index in [9.17, 15) is 4.79 Å². The van der Waals surface area contributed by atoms with Crippen LogP contribution in [0.2, 0.25) is 0 Å². The first-order valence-corrected chi connectivity index (χ1v) is 11.4. The molecule has 3 heterocycles. The van der Waals surface area contributed by atoms with Gasteiger partial charge in [-0.2, -0.15) is 0 Å². The normalized spacial score (nSPS) is 15.5. The van der Waals surface area contributed by atoms with Crippen molar-refractivity contribution < 1.29 is 4.79 Å². The van der Waals surface area contributed by atoms with Crippen molar-refractivity contribution in [1.29, 1.82) is 0 Å². The molecular formula is C24H30N4OS. The molecular weight excluding hydrogens is 392 g/mol. The third kappa shape index (κ3) is 4.82. The van der Waals surface area contributed by atoms with Crippen molar-refractivity contribution in [3.05, 3.63) is 76.0 Å². The lowest BCUT2D eigenvalue weighted by Gasteiger charge is -2.34. The summed E-state index contributed by atoms with van der Waals surface area (Å²) in [6.07, 6.45) is 1.99. The summed E-state index contributed by atoms with van der Waals surface area (Å²) in [6, 6.07) is 14.2. The highest BCUT2D eigenvalue weighted by molar-refractivity contribution is 7.09. The van der Waals surface area contributed by atoms with E-state index in [1.807, 2.05) is 46.0 Å². The number of hydrogen-bond acceptors (Lipinski definition) is 4. The third-order valence-electron chi connectivity index (χ3n) is 5.48. The van der Waals surface area contributed by atoms with Gasteiger partial charge < -0.3 is 9.47 Å². The fourth-order valence-electron chi connectivity index (χ4n) is 3.75. The maximum Gasteiger partial charge on any atom is 0.270 e. The molecule has 1 amide bonds. The van der Waals surface area contributed by atoms with Crippen LogP contribution in [0.1, 0.15) is 47.5 Å². The second-order valence-electron chi connectivity index (χ2n) is 8.97. The van der Waals surface area contributed by atoms with E-state index in [0.29, 0.717) is 0 Å². The summed E-state index contributed by atoms with van der Waals surface area (Å²) < 4.78 is 2.05. The Morgan fingerprint density at radius 3 is 2.40 bits per heavy atom. The van der Waals surface area contributed by atoms with E-state index < -0.39 is 0 Å². The van der Waals surface area contributed by atoms with Crippen LogP contribution in [0.4, 0.5) is 0 Å². The summed E-state index contributed by atoms with van der Waals surface area (Å²) in [6.45, 7) is 11.5. The van der Waals surface area contributed by atoms with Crippen LogP contribution in [-0.4, -0.2) is 51.4 Å². The number of hydrogen-bond donors (Lipinski definition) is 0. The zero-order chi connectivity index (χ0) is 21.1. The molecule has 0 radical (unpaired) electrons. The highest BCUT2D eigenvalue weighted by Crippen LogP contribution is 2.26. The van der Waals surface area contributed by atoms with E-state index in [0.717, 1.165) is 50.7 Å². The lowest BCUT2D eigenvalue weighted by atomic mass is 9.98. The van der Waals surface area contributed by atoms with Crippen LogP contribution in [0.3, 0.4) is 0 Å².